The van der Waals surface area contributed by atoms with Gasteiger partial charge in [-0.05, 0) is 44.1 Å². The Morgan fingerprint density at radius 2 is 1.94 bits per heavy atom. The van der Waals surface area contributed by atoms with Gasteiger partial charge in [0.05, 0.1) is 0 Å². The molecule has 2 saturated carbocycles. The Bertz CT molecular complexity index is 250. The maximum atomic E-state index is 12.3. The highest BCUT2D eigenvalue weighted by Gasteiger charge is 2.34. The number of carbonyl (C=O) groups excluding carboxylic acids is 1. The lowest BCUT2D eigenvalue weighted by Crippen LogP contribution is -2.40. The molecule has 2 rings (SSSR count). The summed E-state index contributed by atoms with van der Waals surface area (Å²) in [5.41, 5.74) is 5.73. The van der Waals surface area contributed by atoms with E-state index in [1.807, 2.05) is 11.9 Å². The molecule has 92 valence electrons. The zero-order valence-corrected chi connectivity index (χ0v) is 10.3. The first-order valence-corrected chi connectivity index (χ1v) is 6.67. The monoisotopic (exact) mass is 224 g/mol. The van der Waals surface area contributed by atoms with Crippen molar-refractivity contribution in [2.24, 2.45) is 23.5 Å². The molecule has 2 fully saturated rings. The van der Waals surface area contributed by atoms with Crippen LogP contribution < -0.4 is 5.73 Å². The minimum Gasteiger partial charge on any atom is -0.345 e. The van der Waals surface area contributed by atoms with Crippen LogP contribution in [0.4, 0.5) is 0 Å². The third-order valence-electron chi connectivity index (χ3n) is 4.41. The summed E-state index contributed by atoms with van der Waals surface area (Å²) in [6.45, 7) is 1.64. The first-order valence-electron chi connectivity index (χ1n) is 6.67. The van der Waals surface area contributed by atoms with Gasteiger partial charge in [-0.15, -0.1) is 0 Å². The van der Waals surface area contributed by atoms with Crippen molar-refractivity contribution in [2.75, 3.05) is 20.1 Å². The second-order valence-corrected chi connectivity index (χ2v) is 5.55. The van der Waals surface area contributed by atoms with Gasteiger partial charge in [-0.3, -0.25) is 4.79 Å². The maximum Gasteiger partial charge on any atom is 0.225 e. The molecule has 3 heteroatoms. The zero-order valence-electron chi connectivity index (χ0n) is 10.3. The molecule has 0 aromatic carbocycles. The second kappa shape index (κ2) is 5.17. The summed E-state index contributed by atoms with van der Waals surface area (Å²) in [6.07, 6.45) is 7.34. The predicted octanol–water partition coefficient (Wildman–Crippen LogP) is 1.62. The van der Waals surface area contributed by atoms with E-state index < -0.39 is 0 Å². The summed E-state index contributed by atoms with van der Waals surface area (Å²) >= 11 is 0. The summed E-state index contributed by atoms with van der Waals surface area (Å²) < 4.78 is 0. The molecule has 0 aromatic heterocycles. The number of nitrogens with two attached hydrogens (primary N) is 1. The van der Waals surface area contributed by atoms with Crippen molar-refractivity contribution in [1.82, 2.24) is 4.90 Å². The van der Waals surface area contributed by atoms with Gasteiger partial charge in [-0.25, -0.2) is 0 Å². The molecule has 2 atom stereocenters. The lowest BCUT2D eigenvalue weighted by molar-refractivity contribution is -0.136. The van der Waals surface area contributed by atoms with Gasteiger partial charge < -0.3 is 10.6 Å². The molecule has 0 heterocycles. The van der Waals surface area contributed by atoms with Crippen molar-refractivity contribution in [3.05, 3.63) is 0 Å². The fourth-order valence-electron chi connectivity index (χ4n) is 3.08. The minimum atomic E-state index is 0.218. The van der Waals surface area contributed by atoms with Crippen molar-refractivity contribution in [1.29, 1.82) is 0 Å². The molecular weight excluding hydrogens is 200 g/mol. The van der Waals surface area contributed by atoms with Crippen LogP contribution in [0.5, 0.6) is 0 Å². The van der Waals surface area contributed by atoms with Crippen LogP contribution in [0.2, 0.25) is 0 Å². The lowest BCUT2D eigenvalue weighted by Gasteiger charge is -2.32. The summed E-state index contributed by atoms with van der Waals surface area (Å²) in [7, 11) is 1.96. The van der Waals surface area contributed by atoms with E-state index in [9.17, 15) is 4.79 Å². The van der Waals surface area contributed by atoms with Crippen LogP contribution in [0.25, 0.3) is 0 Å². The Morgan fingerprint density at radius 1 is 1.25 bits per heavy atom. The van der Waals surface area contributed by atoms with Gasteiger partial charge in [0.25, 0.3) is 0 Å². The molecule has 0 aliphatic heterocycles. The fourth-order valence-corrected chi connectivity index (χ4v) is 3.08. The highest BCUT2D eigenvalue weighted by molar-refractivity contribution is 5.79. The van der Waals surface area contributed by atoms with Gasteiger partial charge in [0.15, 0.2) is 0 Å². The van der Waals surface area contributed by atoms with Crippen molar-refractivity contribution < 1.29 is 4.79 Å². The first-order chi connectivity index (χ1) is 7.72. The van der Waals surface area contributed by atoms with Crippen LogP contribution in [-0.4, -0.2) is 30.9 Å². The molecular formula is C13H24N2O. The largest absolute Gasteiger partial charge is 0.345 e. The standard InChI is InChI=1S/C13H24N2O/c1-15(9-10-4-2-5-10)13(16)12-7-3-6-11(12)8-14/h10-12H,2-9,14H2,1H3. The first kappa shape index (κ1) is 11.9. The normalized spacial score (nSPS) is 30.1. The average Bonchev–Trinajstić information content (AvgIpc) is 2.69. The highest BCUT2D eigenvalue weighted by Crippen LogP contribution is 2.33. The van der Waals surface area contributed by atoms with Gasteiger partial charge in [0, 0.05) is 19.5 Å². The molecule has 0 spiro atoms. The summed E-state index contributed by atoms with van der Waals surface area (Å²) in [4.78, 5) is 14.2. The smallest absolute Gasteiger partial charge is 0.225 e. The second-order valence-electron chi connectivity index (χ2n) is 5.55. The predicted molar refractivity (Wildman–Crippen MR) is 64.9 cm³/mol. The number of nitrogens with zero attached hydrogens (tertiary/aromatic N) is 1. The molecule has 0 aromatic rings. The number of carbonyl (C=O) groups is 1. The molecule has 0 bridgehead atoms. The van der Waals surface area contributed by atoms with Gasteiger partial charge >= 0.3 is 0 Å². The van der Waals surface area contributed by atoms with Crippen LogP contribution in [0, 0.1) is 17.8 Å². The molecule has 0 saturated heterocycles. The Labute approximate surface area is 98.4 Å². The van der Waals surface area contributed by atoms with E-state index in [1.54, 1.807) is 0 Å². The van der Waals surface area contributed by atoms with E-state index in [-0.39, 0.29) is 5.92 Å². The van der Waals surface area contributed by atoms with Gasteiger partial charge in [-0.1, -0.05) is 12.8 Å². The van der Waals surface area contributed by atoms with Gasteiger partial charge in [-0.2, -0.15) is 0 Å². The Morgan fingerprint density at radius 3 is 2.50 bits per heavy atom. The van der Waals surface area contributed by atoms with Crippen molar-refractivity contribution >= 4 is 5.91 Å². The van der Waals surface area contributed by atoms with Gasteiger partial charge in [0.2, 0.25) is 5.91 Å². The highest BCUT2D eigenvalue weighted by atomic mass is 16.2. The molecule has 3 nitrogen and oxygen atoms in total. The average molecular weight is 224 g/mol. The van der Waals surface area contributed by atoms with Gasteiger partial charge in [0.1, 0.15) is 0 Å². The van der Waals surface area contributed by atoms with Crippen molar-refractivity contribution in [2.45, 2.75) is 38.5 Å². The molecule has 1 amide bonds. The SMILES string of the molecule is CN(CC1CCC1)C(=O)C1CCCC1CN. The summed E-state index contributed by atoms with van der Waals surface area (Å²) in [5.74, 6) is 1.78. The fraction of sp³-hybridized carbons (Fsp3) is 0.923. The van der Waals surface area contributed by atoms with Crippen LogP contribution in [0.3, 0.4) is 0 Å². The third kappa shape index (κ3) is 2.40. The Balaban J connectivity index is 1.84. The van der Waals surface area contributed by atoms with E-state index in [0.717, 1.165) is 25.3 Å². The Hall–Kier alpha value is -0.570. The number of hydrogen-bond acceptors (Lipinski definition) is 2. The van der Waals surface area contributed by atoms with E-state index in [4.69, 9.17) is 5.73 Å². The third-order valence-corrected chi connectivity index (χ3v) is 4.41. The van der Waals surface area contributed by atoms with Crippen LogP contribution >= 0.6 is 0 Å². The molecule has 2 unspecified atom stereocenters. The van der Waals surface area contributed by atoms with Crippen molar-refractivity contribution in [3.63, 3.8) is 0 Å². The topological polar surface area (TPSA) is 46.3 Å². The number of rotatable bonds is 4. The molecule has 16 heavy (non-hydrogen) atoms. The van der Waals surface area contributed by atoms with E-state index >= 15 is 0 Å². The lowest BCUT2D eigenvalue weighted by atomic mass is 9.84. The van der Waals surface area contributed by atoms with E-state index in [0.29, 0.717) is 18.4 Å². The Kier molecular flexibility index (Phi) is 3.85. The van der Waals surface area contributed by atoms with E-state index in [1.165, 1.54) is 25.7 Å². The molecule has 2 N–H and O–H groups in total. The molecule has 2 aliphatic rings. The zero-order chi connectivity index (χ0) is 11.5. The van der Waals surface area contributed by atoms with Crippen LogP contribution in [0.1, 0.15) is 38.5 Å². The quantitative estimate of drug-likeness (QED) is 0.788. The minimum absolute atomic E-state index is 0.218. The van der Waals surface area contributed by atoms with Crippen LogP contribution in [0.15, 0.2) is 0 Å². The van der Waals surface area contributed by atoms with Crippen LogP contribution in [-0.2, 0) is 4.79 Å². The number of hydrogen-bond donors (Lipinski definition) is 1. The van der Waals surface area contributed by atoms with E-state index in [2.05, 4.69) is 0 Å². The number of amides is 1. The summed E-state index contributed by atoms with van der Waals surface area (Å²) in [6, 6.07) is 0. The maximum absolute atomic E-state index is 12.3. The molecule has 0 radical (unpaired) electrons. The van der Waals surface area contributed by atoms with Crippen molar-refractivity contribution in [3.8, 4) is 0 Å². The summed E-state index contributed by atoms with van der Waals surface area (Å²) in [5, 5.41) is 0. The molecule has 2 aliphatic carbocycles.